The number of rotatable bonds is 1. The number of hydrazine groups is 1. The summed E-state index contributed by atoms with van der Waals surface area (Å²) in [4.78, 5) is 10.4. The lowest BCUT2D eigenvalue weighted by atomic mass is 9.95. The number of carbonyl (C=O) groups is 1. The minimum atomic E-state index is -1.02. The third-order valence-electron chi connectivity index (χ3n) is 2.19. The van der Waals surface area contributed by atoms with Gasteiger partial charge in [0.15, 0.2) is 0 Å². The third-order valence-corrected chi connectivity index (χ3v) is 2.19. The van der Waals surface area contributed by atoms with Crippen LogP contribution in [0.1, 0.15) is 32.1 Å². The summed E-state index contributed by atoms with van der Waals surface area (Å²) in [6, 6.07) is 0.0567. The van der Waals surface area contributed by atoms with Crippen molar-refractivity contribution in [2.24, 2.45) is 5.84 Å². The molecule has 0 bridgehead atoms. The molecule has 0 unspecified atom stereocenters. The van der Waals surface area contributed by atoms with Crippen LogP contribution in [0.2, 0.25) is 0 Å². The molecule has 5 heteroatoms. The van der Waals surface area contributed by atoms with Gasteiger partial charge >= 0.3 is 6.09 Å². The van der Waals surface area contributed by atoms with E-state index in [0.717, 1.165) is 30.7 Å². The predicted molar refractivity (Wildman–Crippen MR) is 48.2 cm³/mol. The average Bonchev–Trinajstić information content (AvgIpc) is 2.05. The second kappa shape index (κ2) is 5.22. The average molecular weight is 195 g/mol. The molecular formula is C7H15ClN2O2. The van der Waals surface area contributed by atoms with Crippen molar-refractivity contribution >= 4 is 18.5 Å². The molecule has 1 fully saturated rings. The van der Waals surface area contributed by atoms with Gasteiger partial charge in [-0.15, -0.1) is 12.4 Å². The van der Waals surface area contributed by atoms with Crippen LogP contribution in [-0.2, 0) is 0 Å². The van der Waals surface area contributed by atoms with Crippen molar-refractivity contribution in [2.45, 2.75) is 38.1 Å². The molecule has 0 aromatic heterocycles. The molecule has 1 aliphatic carbocycles. The molecule has 0 aromatic carbocycles. The number of halogens is 1. The van der Waals surface area contributed by atoms with Gasteiger partial charge in [0.25, 0.3) is 0 Å². The van der Waals surface area contributed by atoms with Crippen LogP contribution in [0, 0.1) is 0 Å². The van der Waals surface area contributed by atoms with Gasteiger partial charge in [-0.25, -0.2) is 15.6 Å². The summed E-state index contributed by atoms with van der Waals surface area (Å²) in [6.45, 7) is 0. The summed E-state index contributed by atoms with van der Waals surface area (Å²) < 4.78 is 0. The van der Waals surface area contributed by atoms with Crippen LogP contribution >= 0.6 is 12.4 Å². The minimum Gasteiger partial charge on any atom is -0.464 e. The molecule has 0 spiro atoms. The molecule has 1 saturated carbocycles. The molecule has 0 aromatic rings. The molecule has 1 aliphatic rings. The minimum absolute atomic E-state index is 0. The maximum absolute atomic E-state index is 10.4. The Hall–Kier alpha value is -0.480. The Morgan fingerprint density at radius 2 is 1.83 bits per heavy atom. The number of amides is 1. The zero-order valence-corrected chi connectivity index (χ0v) is 7.72. The molecule has 0 heterocycles. The van der Waals surface area contributed by atoms with Crippen LogP contribution < -0.4 is 5.84 Å². The van der Waals surface area contributed by atoms with Crippen molar-refractivity contribution in [3.05, 3.63) is 0 Å². The van der Waals surface area contributed by atoms with Crippen LogP contribution in [0.5, 0.6) is 0 Å². The molecule has 0 aliphatic heterocycles. The van der Waals surface area contributed by atoms with E-state index < -0.39 is 6.09 Å². The lowest BCUT2D eigenvalue weighted by Gasteiger charge is -2.27. The maximum atomic E-state index is 10.4. The Morgan fingerprint density at radius 1 is 1.33 bits per heavy atom. The highest BCUT2D eigenvalue weighted by atomic mass is 35.5. The van der Waals surface area contributed by atoms with E-state index in [2.05, 4.69) is 0 Å². The maximum Gasteiger partial charge on any atom is 0.421 e. The lowest BCUT2D eigenvalue weighted by molar-refractivity contribution is 0.111. The van der Waals surface area contributed by atoms with E-state index in [9.17, 15) is 4.79 Å². The Balaban J connectivity index is 0.00000121. The zero-order valence-electron chi connectivity index (χ0n) is 6.90. The largest absolute Gasteiger partial charge is 0.464 e. The van der Waals surface area contributed by atoms with E-state index in [1.54, 1.807) is 0 Å². The number of hydrogen-bond acceptors (Lipinski definition) is 2. The van der Waals surface area contributed by atoms with Crippen LogP contribution in [0.25, 0.3) is 0 Å². The standard InChI is InChI=1S/C7H14N2O2.ClH/c8-9(7(10)11)6-4-2-1-3-5-6;/h6H,1-5,8H2,(H,10,11);1H. The van der Waals surface area contributed by atoms with Crippen LogP contribution in [0.3, 0.4) is 0 Å². The summed E-state index contributed by atoms with van der Waals surface area (Å²) in [5.74, 6) is 5.32. The van der Waals surface area contributed by atoms with Gasteiger partial charge in [0.2, 0.25) is 0 Å². The van der Waals surface area contributed by atoms with Gasteiger partial charge in [0, 0.05) is 0 Å². The van der Waals surface area contributed by atoms with Crippen LogP contribution in [0.15, 0.2) is 0 Å². The highest BCUT2D eigenvalue weighted by Gasteiger charge is 2.21. The summed E-state index contributed by atoms with van der Waals surface area (Å²) in [7, 11) is 0. The van der Waals surface area contributed by atoms with Gasteiger partial charge in [-0.1, -0.05) is 19.3 Å². The van der Waals surface area contributed by atoms with E-state index in [-0.39, 0.29) is 18.4 Å². The summed E-state index contributed by atoms with van der Waals surface area (Å²) in [6.07, 6.45) is 4.24. The van der Waals surface area contributed by atoms with Gasteiger partial charge in [0.05, 0.1) is 6.04 Å². The third kappa shape index (κ3) is 2.87. The van der Waals surface area contributed by atoms with E-state index in [1.807, 2.05) is 0 Å². The smallest absolute Gasteiger partial charge is 0.421 e. The van der Waals surface area contributed by atoms with E-state index in [1.165, 1.54) is 6.42 Å². The van der Waals surface area contributed by atoms with Crippen molar-refractivity contribution in [3.8, 4) is 0 Å². The predicted octanol–water partition coefficient (Wildman–Crippen LogP) is 1.59. The molecule has 1 amide bonds. The fourth-order valence-corrected chi connectivity index (χ4v) is 1.52. The first kappa shape index (κ1) is 11.5. The highest BCUT2D eigenvalue weighted by molar-refractivity contribution is 5.85. The number of nitrogens with zero attached hydrogens (tertiary/aromatic N) is 1. The fraction of sp³-hybridized carbons (Fsp3) is 0.857. The molecule has 3 N–H and O–H groups in total. The Morgan fingerprint density at radius 3 is 2.25 bits per heavy atom. The van der Waals surface area contributed by atoms with E-state index in [0.29, 0.717) is 0 Å². The van der Waals surface area contributed by atoms with Gasteiger partial charge in [-0.3, -0.25) is 0 Å². The first-order valence-corrected chi connectivity index (χ1v) is 3.98. The highest BCUT2D eigenvalue weighted by Crippen LogP contribution is 2.20. The van der Waals surface area contributed by atoms with Crippen LogP contribution in [-0.4, -0.2) is 22.3 Å². The quantitative estimate of drug-likeness (QED) is 0.379. The van der Waals surface area contributed by atoms with Crippen LogP contribution in [0.4, 0.5) is 4.79 Å². The summed E-state index contributed by atoms with van der Waals surface area (Å²) in [5, 5.41) is 9.48. The van der Waals surface area contributed by atoms with Gasteiger partial charge in [-0.05, 0) is 12.8 Å². The van der Waals surface area contributed by atoms with Crippen molar-refractivity contribution in [1.82, 2.24) is 5.01 Å². The second-order valence-corrected chi connectivity index (χ2v) is 2.98. The Kier molecular flexibility index (Phi) is 5.01. The molecule has 1 rings (SSSR count). The molecule has 0 saturated heterocycles. The molecule has 0 radical (unpaired) electrons. The number of hydrogen-bond donors (Lipinski definition) is 2. The van der Waals surface area contributed by atoms with Crippen molar-refractivity contribution < 1.29 is 9.90 Å². The number of carboxylic acid groups (broad SMARTS) is 1. The summed E-state index contributed by atoms with van der Waals surface area (Å²) in [5.41, 5.74) is 0. The topological polar surface area (TPSA) is 66.6 Å². The summed E-state index contributed by atoms with van der Waals surface area (Å²) >= 11 is 0. The second-order valence-electron chi connectivity index (χ2n) is 2.98. The normalized spacial score (nSPS) is 18.1. The number of nitrogens with two attached hydrogens (primary N) is 1. The first-order chi connectivity index (χ1) is 5.22. The fourth-order valence-electron chi connectivity index (χ4n) is 1.52. The van der Waals surface area contributed by atoms with E-state index in [4.69, 9.17) is 10.9 Å². The molecule has 12 heavy (non-hydrogen) atoms. The lowest BCUT2D eigenvalue weighted by Crippen LogP contribution is -2.45. The molecular weight excluding hydrogens is 180 g/mol. The monoisotopic (exact) mass is 194 g/mol. The van der Waals surface area contributed by atoms with Gasteiger partial charge < -0.3 is 5.11 Å². The Bertz CT molecular complexity index is 148. The van der Waals surface area contributed by atoms with Crippen molar-refractivity contribution in [1.29, 1.82) is 0 Å². The molecule has 0 atom stereocenters. The van der Waals surface area contributed by atoms with Gasteiger partial charge in [-0.2, -0.15) is 0 Å². The zero-order chi connectivity index (χ0) is 8.27. The van der Waals surface area contributed by atoms with Crippen molar-refractivity contribution in [2.75, 3.05) is 0 Å². The van der Waals surface area contributed by atoms with E-state index >= 15 is 0 Å². The molecule has 4 nitrogen and oxygen atoms in total. The Labute approximate surface area is 78.1 Å². The SMILES string of the molecule is Cl.NN(C(=O)O)C1CCCCC1. The van der Waals surface area contributed by atoms with Crippen molar-refractivity contribution in [3.63, 3.8) is 0 Å². The first-order valence-electron chi connectivity index (χ1n) is 3.98. The van der Waals surface area contributed by atoms with Gasteiger partial charge in [0.1, 0.15) is 0 Å². The molecule has 72 valence electrons.